The number of amides is 1. The molecular formula is C15H18F2N2O5S. The number of hydrogen-bond acceptors (Lipinski definition) is 6. The number of ether oxygens (including phenoxy) is 2. The third kappa shape index (κ3) is 5.12. The van der Waals surface area contributed by atoms with Gasteiger partial charge in [0.15, 0.2) is 21.3 Å². The zero-order valence-corrected chi connectivity index (χ0v) is 14.5. The molecule has 1 fully saturated rings. The number of sulfone groups is 1. The normalized spacial score (nSPS) is 19.7. The second-order valence-corrected chi connectivity index (χ2v) is 7.75. The van der Waals surface area contributed by atoms with Crippen LogP contribution in [0.5, 0.6) is 11.5 Å². The monoisotopic (exact) mass is 376 g/mol. The van der Waals surface area contributed by atoms with Gasteiger partial charge >= 0.3 is 6.61 Å². The van der Waals surface area contributed by atoms with Gasteiger partial charge in [0, 0.05) is 5.56 Å². The summed E-state index contributed by atoms with van der Waals surface area (Å²) < 4.78 is 56.7. The first-order valence-corrected chi connectivity index (χ1v) is 9.22. The van der Waals surface area contributed by atoms with Crippen LogP contribution in [0.1, 0.15) is 18.9 Å². The molecule has 138 valence electrons. The van der Waals surface area contributed by atoms with E-state index in [9.17, 15) is 22.0 Å². The van der Waals surface area contributed by atoms with Crippen LogP contribution < -0.4 is 14.9 Å². The highest BCUT2D eigenvalue weighted by atomic mass is 32.2. The van der Waals surface area contributed by atoms with Gasteiger partial charge in [0.2, 0.25) is 5.91 Å². The molecule has 0 spiro atoms. The lowest BCUT2D eigenvalue weighted by Gasteiger charge is -2.11. The molecule has 10 heteroatoms. The lowest BCUT2D eigenvalue weighted by atomic mass is 10.1. The van der Waals surface area contributed by atoms with E-state index in [1.165, 1.54) is 25.3 Å². The summed E-state index contributed by atoms with van der Waals surface area (Å²) in [7, 11) is -1.84. The lowest BCUT2D eigenvalue weighted by Crippen LogP contribution is -2.28. The Balaban J connectivity index is 2.07. The Morgan fingerprint density at radius 3 is 2.64 bits per heavy atom. The molecule has 0 bridgehead atoms. The van der Waals surface area contributed by atoms with Crippen molar-refractivity contribution in [2.75, 3.05) is 18.6 Å². The molecule has 1 N–H and O–H groups in total. The maximum atomic E-state index is 12.3. The van der Waals surface area contributed by atoms with E-state index in [0.717, 1.165) is 0 Å². The van der Waals surface area contributed by atoms with Crippen LogP contribution in [0.15, 0.2) is 23.3 Å². The smallest absolute Gasteiger partial charge is 0.387 e. The summed E-state index contributed by atoms with van der Waals surface area (Å²) in [4.78, 5) is 12.0. The summed E-state index contributed by atoms with van der Waals surface area (Å²) in [6.45, 7) is -1.37. The van der Waals surface area contributed by atoms with E-state index in [1.54, 1.807) is 6.92 Å². The van der Waals surface area contributed by atoms with Crippen LogP contribution in [0.2, 0.25) is 0 Å². The number of carbonyl (C=O) groups excluding carboxylic acids is 1. The van der Waals surface area contributed by atoms with Gasteiger partial charge in [0.25, 0.3) is 0 Å². The van der Waals surface area contributed by atoms with Crippen LogP contribution in [0.25, 0.3) is 0 Å². The van der Waals surface area contributed by atoms with Crippen LogP contribution in [-0.2, 0) is 14.6 Å². The number of hydrogen-bond donors (Lipinski definition) is 1. The lowest BCUT2D eigenvalue weighted by molar-refractivity contribution is -0.124. The van der Waals surface area contributed by atoms with Crippen molar-refractivity contribution >= 4 is 21.5 Å². The highest BCUT2D eigenvalue weighted by Gasteiger charge is 2.32. The molecule has 1 aliphatic heterocycles. The van der Waals surface area contributed by atoms with E-state index >= 15 is 0 Å². The zero-order valence-electron chi connectivity index (χ0n) is 13.7. The molecule has 1 aromatic carbocycles. The van der Waals surface area contributed by atoms with Gasteiger partial charge in [-0.05, 0) is 31.5 Å². The van der Waals surface area contributed by atoms with Crippen molar-refractivity contribution in [3.8, 4) is 11.5 Å². The molecule has 1 amide bonds. The largest absolute Gasteiger partial charge is 0.493 e. The molecule has 0 unspecified atom stereocenters. The van der Waals surface area contributed by atoms with Crippen molar-refractivity contribution < 1.29 is 31.5 Å². The molecule has 1 aromatic rings. The average Bonchev–Trinajstić information content (AvgIpc) is 2.92. The van der Waals surface area contributed by atoms with E-state index < -0.39 is 28.3 Å². The average molecular weight is 376 g/mol. The molecule has 25 heavy (non-hydrogen) atoms. The minimum atomic E-state index is -3.16. The number of hydrazone groups is 1. The SMILES string of the molecule is COc1cc(/C(C)=N\NC(=O)[C@H]2CCS(=O)(=O)C2)ccc1OC(F)F. The molecule has 0 saturated carbocycles. The van der Waals surface area contributed by atoms with Crippen molar-refractivity contribution in [3.05, 3.63) is 23.8 Å². The minimum Gasteiger partial charge on any atom is -0.493 e. The Kier molecular flexibility index (Phi) is 5.93. The van der Waals surface area contributed by atoms with E-state index in [1.807, 2.05) is 0 Å². The summed E-state index contributed by atoms with van der Waals surface area (Å²) in [5.41, 5.74) is 3.26. The van der Waals surface area contributed by atoms with Gasteiger partial charge in [-0.15, -0.1) is 0 Å². The summed E-state index contributed by atoms with van der Waals surface area (Å²) >= 11 is 0. The Labute approximate surface area is 143 Å². The number of methoxy groups -OCH3 is 1. The zero-order chi connectivity index (χ0) is 18.6. The molecule has 2 rings (SSSR count). The molecular weight excluding hydrogens is 358 g/mol. The van der Waals surface area contributed by atoms with Crippen molar-refractivity contribution in [1.29, 1.82) is 0 Å². The number of carbonyl (C=O) groups is 1. The third-order valence-corrected chi connectivity index (χ3v) is 5.50. The van der Waals surface area contributed by atoms with Crippen LogP contribution >= 0.6 is 0 Å². The van der Waals surface area contributed by atoms with Gasteiger partial charge in [-0.1, -0.05) is 0 Å². The molecule has 1 heterocycles. The standard InChI is InChI=1S/C15H18F2N2O5S/c1-9(18-19-14(20)11-5-6-25(21,22)8-11)10-3-4-12(24-15(16)17)13(7-10)23-2/h3-4,7,11,15H,5-6,8H2,1-2H3,(H,19,20)/b18-9-/t11-/m0/s1. The van der Waals surface area contributed by atoms with Gasteiger partial charge in [0.05, 0.1) is 30.2 Å². The van der Waals surface area contributed by atoms with Gasteiger partial charge in [-0.25, -0.2) is 13.8 Å². The molecule has 1 aliphatic rings. The fourth-order valence-corrected chi connectivity index (χ4v) is 4.12. The number of nitrogens with one attached hydrogen (secondary N) is 1. The molecule has 0 aromatic heterocycles. The quantitative estimate of drug-likeness (QED) is 0.601. The molecule has 1 atom stereocenters. The Morgan fingerprint density at radius 1 is 1.36 bits per heavy atom. The number of nitrogens with zero attached hydrogens (tertiary/aromatic N) is 1. The highest BCUT2D eigenvalue weighted by Crippen LogP contribution is 2.29. The maximum absolute atomic E-state index is 12.3. The number of benzene rings is 1. The van der Waals surface area contributed by atoms with Gasteiger partial charge < -0.3 is 9.47 Å². The van der Waals surface area contributed by atoms with Crippen molar-refractivity contribution in [1.82, 2.24) is 5.43 Å². The topological polar surface area (TPSA) is 94.1 Å². The molecule has 1 saturated heterocycles. The number of halogens is 2. The fraction of sp³-hybridized carbons (Fsp3) is 0.467. The summed E-state index contributed by atoms with van der Waals surface area (Å²) in [6, 6.07) is 4.25. The van der Waals surface area contributed by atoms with E-state index in [4.69, 9.17) is 4.74 Å². The number of rotatable bonds is 6. The summed E-state index contributed by atoms with van der Waals surface area (Å²) in [5, 5.41) is 3.93. The minimum absolute atomic E-state index is 0.00339. The molecule has 0 aliphatic carbocycles. The van der Waals surface area contributed by atoms with Crippen molar-refractivity contribution in [2.45, 2.75) is 20.0 Å². The first kappa shape index (κ1) is 19.1. The fourth-order valence-electron chi connectivity index (χ4n) is 2.38. The van der Waals surface area contributed by atoms with E-state index in [0.29, 0.717) is 11.3 Å². The molecule has 7 nitrogen and oxygen atoms in total. The Bertz CT molecular complexity index is 780. The maximum Gasteiger partial charge on any atom is 0.387 e. The van der Waals surface area contributed by atoms with Crippen LogP contribution in [0.3, 0.4) is 0 Å². The second-order valence-electron chi connectivity index (χ2n) is 5.52. The Morgan fingerprint density at radius 2 is 2.08 bits per heavy atom. The van der Waals surface area contributed by atoms with E-state index in [2.05, 4.69) is 15.3 Å². The first-order chi connectivity index (χ1) is 11.7. The van der Waals surface area contributed by atoms with Gasteiger partial charge in [-0.3, -0.25) is 4.79 Å². The highest BCUT2D eigenvalue weighted by molar-refractivity contribution is 7.91. The van der Waals surface area contributed by atoms with Gasteiger partial charge in [0.1, 0.15) is 0 Å². The van der Waals surface area contributed by atoms with Crippen LogP contribution in [0, 0.1) is 5.92 Å². The predicted octanol–water partition coefficient (Wildman–Crippen LogP) is 1.57. The number of alkyl halides is 2. The first-order valence-electron chi connectivity index (χ1n) is 7.39. The Hall–Kier alpha value is -2.23. The van der Waals surface area contributed by atoms with Crippen molar-refractivity contribution in [3.63, 3.8) is 0 Å². The third-order valence-electron chi connectivity index (χ3n) is 3.73. The summed E-state index contributed by atoms with van der Waals surface area (Å²) in [5.74, 6) is -1.28. The molecule has 0 radical (unpaired) electrons. The summed E-state index contributed by atoms with van der Waals surface area (Å²) in [6.07, 6.45) is 0.274. The predicted molar refractivity (Wildman–Crippen MR) is 86.7 cm³/mol. The van der Waals surface area contributed by atoms with E-state index in [-0.39, 0.29) is 29.4 Å². The van der Waals surface area contributed by atoms with Crippen molar-refractivity contribution in [2.24, 2.45) is 11.0 Å². The second kappa shape index (κ2) is 7.77. The van der Waals surface area contributed by atoms with Crippen LogP contribution in [-0.4, -0.2) is 45.3 Å². The van der Waals surface area contributed by atoms with Crippen LogP contribution in [0.4, 0.5) is 8.78 Å². The van der Waals surface area contributed by atoms with Gasteiger partial charge in [-0.2, -0.15) is 13.9 Å².